The lowest BCUT2D eigenvalue weighted by atomic mass is 10.1. The van der Waals surface area contributed by atoms with E-state index in [0.29, 0.717) is 30.8 Å². The standard InChI is InChI=1S/C16H18O4/c1-13(18)20-10-6-9-16(19-2)11-15(12-17)14-7-4-3-5-8-14/h3-5,7-8,11H,6,9-10H2,1-2H3/b16-11+. The third-order valence-electron chi connectivity index (χ3n) is 2.64. The summed E-state index contributed by atoms with van der Waals surface area (Å²) in [7, 11) is 1.55. The molecule has 0 atom stereocenters. The zero-order chi connectivity index (χ0) is 14.8. The van der Waals surface area contributed by atoms with Gasteiger partial charge in [-0.2, -0.15) is 0 Å². The van der Waals surface area contributed by atoms with Crippen LogP contribution in [0.2, 0.25) is 0 Å². The third-order valence-corrected chi connectivity index (χ3v) is 2.64. The fourth-order valence-corrected chi connectivity index (χ4v) is 1.65. The molecule has 4 heteroatoms. The van der Waals surface area contributed by atoms with Crippen molar-refractivity contribution in [1.29, 1.82) is 0 Å². The van der Waals surface area contributed by atoms with Gasteiger partial charge in [0.25, 0.3) is 0 Å². The van der Waals surface area contributed by atoms with Gasteiger partial charge < -0.3 is 9.47 Å². The van der Waals surface area contributed by atoms with Gasteiger partial charge in [-0.05, 0) is 18.1 Å². The van der Waals surface area contributed by atoms with Crippen LogP contribution in [0.3, 0.4) is 0 Å². The first-order valence-corrected chi connectivity index (χ1v) is 6.36. The lowest BCUT2D eigenvalue weighted by Crippen LogP contribution is -2.01. The number of allylic oxidation sites excluding steroid dienone is 3. The van der Waals surface area contributed by atoms with Crippen LogP contribution in [-0.2, 0) is 19.1 Å². The van der Waals surface area contributed by atoms with Gasteiger partial charge in [0.15, 0.2) is 0 Å². The van der Waals surface area contributed by atoms with Crippen molar-refractivity contribution in [3.05, 3.63) is 47.7 Å². The molecule has 1 aromatic carbocycles. The molecule has 106 valence electrons. The van der Waals surface area contributed by atoms with Gasteiger partial charge in [-0.1, -0.05) is 30.3 Å². The first-order chi connectivity index (χ1) is 9.67. The van der Waals surface area contributed by atoms with Gasteiger partial charge in [0, 0.05) is 13.3 Å². The number of esters is 1. The summed E-state index contributed by atoms with van der Waals surface area (Å²) in [6.45, 7) is 1.71. The minimum absolute atomic E-state index is 0.300. The van der Waals surface area contributed by atoms with E-state index in [1.165, 1.54) is 6.92 Å². The van der Waals surface area contributed by atoms with E-state index in [-0.39, 0.29) is 5.97 Å². The molecular formula is C16H18O4. The van der Waals surface area contributed by atoms with E-state index in [9.17, 15) is 9.59 Å². The summed E-state index contributed by atoms with van der Waals surface area (Å²) >= 11 is 0. The summed E-state index contributed by atoms with van der Waals surface area (Å²) in [5, 5.41) is 0. The average molecular weight is 274 g/mol. The highest BCUT2D eigenvalue weighted by Crippen LogP contribution is 2.17. The molecule has 0 bridgehead atoms. The molecule has 1 rings (SSSR count). The van der Waals surface area contributed by atoms with Gasteiger partial charge in [-0.15, -0.1) is 0 Å². The quantitative estimate of drug-likeness (QED) is 0.252. The van der Waals surface area contributed by atoms with Crippen molar-refractivity contribution in [3.8, 4) is 0 Å². The second-order valence-corrected chi connectivity index (χ2v) is 4.14. The number of carbonyl (C=O) groups excluding carboxylic acids is 2. The maximum atomic E-state index is 11.0. The summed E-state index contributed by atoms with van der Waals surface area (Å²) in [5.41, 5.74) is 1.23. The molecule has 20 heavy (non-hydrogen) atoms. The third kappa shape index (κ3) is 5.55. The Hall–Kier alpha value is -2.32. The Morgan fingerprint density at radius 3 is 2.55 bits per heavy atom. The van der Waals surface area contributed by atoms with Crippen LogP contribution < -0.4 is 0 Å². The van der Waals surface area contributed by atoms with Gasteiger partial charge in [0.2, 0.25) is 0 Å². The molecule has 0 saturated heterocycles. The molecule has 0 N–H and O–H groups in total. The van der Waals surface area contributed by atoms with Gasteiger partial charge in [-0.3, -0.25) is 4.79 Å². The number of hydrogen-bond donors (Lipinski definition) is 0. The van der Waals surface area contributed by atoms with Gasteiger partial charge >= 0.3 is 5.97 Å². The van der Waals surface area contributed by atoms with Crippen LogP contribution in [-0.4, -0.2) is 25.6 Å². The Labute approximate surface area is 118 Å². The molecule has 0 aliphatic carbocycles. The minimum Gasteiger partial charge on any atom is -0.501 e. The van der Waals surface area contributed by atoms with E-state index in [1.54, 1.807) is 13.2 Å². The minimum atomic E-state index is -0.300. The number of ether oxygens (including phenoxy) is 2. The summed E-state index contributed by atoms with van der Waals surface area (Å²) in [6.07, 6.45) is 2.89. The summed E-state index contributed by atoms with van der Waals surface area (Å²) in [6, 6.07) is 9.26. The van der Waals surface area contributed by atoms with Crippen LogP contribution in [0, 0.1) is 0 Å². The van der Waals surface area contributed by atoms with E-state index in [4.69, 9.17) is 9.47 Å². The van der Waals surface area contributed by atoms with Crippen molar-refractivity contribution in [1.82, 2.24) is 0 Å². The van der Waals surface area contributed by atoms with Crippen LogP contribution in [0.4, 0.5) is 0 Å². The SMILES string of the molecule is CO/C(=C/C(=C=O)c1ccccc1)CCCOC(C)=O. The molecule has 0 fully saturated rings. The number of methoxy groups -OCH3 is 1. The fraction of sp³-hybridized carbons (Fsp3) is 0.312. The highest BCUT2D eigenvalue weighted by atomic mass is 16.5. The largest absolute Gasteiger partial charge is 0.501 e. The first kappa shape index (κ1) is 15.7. The molecule has 0 amide bonds. The molecular weight excluding hydrogens is 256 g/mol. The zero-order valence-electron chi connectivity index (χ0n) is 11.7. The van der Waals surface area contributed by atoms with Gasteiger partial charge in [-0.25, -0.2) is 4.79 Å². The molecule has 0 aliphatic heterocycles. The van der Waals surface area contributed by atoms with Crippen molar-refractivity contribution < 1.29 is 19.1 Å². The molecule has 0 aliphatic rings. The van der Waals surface area contributed by atoms with Gasteiger partial charge in [0.05, 0.1) is 25.0 Å². The number of rotatable bonds is 7. The predicted molar refractivity (Wildman–Crippen MR) is 76.5 cm³/mol. The molecule has 0 heterocycles. The maximum Gasteiger partial charge on any atom is 0.302 e. The van der Waals surface area contributed by atoms with E-state index in [1.807, 2.05) is 36.3 Å². The lowest BCUT2D eigenvalue weighted by molar-refractivity contribution is -0.141. The molecule has 0 unspecified atom stereocenters. The summed E-state index contributed by atoms with van der Waals surface area (Å²) < 4.78 is 10.1. The smallest absolute Gasteiger partial charge is 0.302 e. The normalized spacial score (nSPS) is 10.6. The molecule has 4 nitrogen and oxygen atoms in total. The van der Waals surface area contributed by atoms with Gasteiger partial charge in [0.1, 0.15) is 5.94 Å². The van der Waals surface area contributed by atoms with Crippen LogP contribution in [0.5, 0.6) is 0 Å². The topological polar surface area (TPSA) is 52.6 Å². The number of benzene rings is 1. The summed E-state index contributed by atoms with van der Waals surface area (Å²) in [5.74, 6) is 2.27. The van der Waals surface area contributed by atoms with Crippen LogP contribution in [0.25, 0.3) is 5.57 Å². The van der Waals surface area contributed by atoms with Crippen molar-refractivity contribution in [2.24, 2.45) is 0 Å². The zero-order valence-corrected chi connectivity index (χ0v) is 11.7. The van der Waals surface area contributed by atoms with Crippen molar-refractivity contribution in [3.63, 3.8) is 0 Å². The van der Waals surface area contributed by atoms with E-state index >= 15 is 0 Å². The second-order valence-electron chi connectivity index (χ2n) is 4.14. The predicted octanol–water partition coefficient (Wildman–Crippen LogP) is 2.78. The Balaban J connectivity index is 2.67. The average Bonchev–Trinajstić information content (AvgIpc) is 2.47. The second kappa shape index (κ2) is 8.73. The first-order valence-electron chi connectivity index (χ1n) is 6.36. The molecule has 0 spiro atoms. The molecule has 1 aromatic rings. The van der Waals surface area contributed by atoms with E-state index in [0.717, 1.165) is 5.56 Å². The fourth-order valence-electron chi connectivity index (χ4n) is 1.65. The van der Waals surface area contributed by atoms with Crippen molar-refractivity contribution in [2.75, 3.05) is 13.7 Å². The van der Waals surface area contributed by atoms with Crippen LogP contribution in [0.1, 0.15) is 25.3 Å². The Morgan fingerprint density at radius 2 is 2.00 bits per heavy atom. The number of carbonyl (C=O) groups is 1. The number of hydrogen-bond acceptors (Lipinski definition) is 4. The van der Waals surface area contributed by atoms with E-state index < -0.39 is 0 Å². The highest BCUT2D eigenvalue weighted by molar-refractivity contribution is 5.93. The van der Waals surface area contributed by atoms with Crippen LogP contribution >= 0.6 is 0 Å². The Morgan fingerprint density at radius 1 is 1.30 bits per heavy atom. The lowest BCUT2D eigenvalue weighted by Gasteiger charge is -2.07. The van der Waals surface area contributed by atoms with Crippen LogP contribution in [0.15, 0.2) is 42.2 Å². The molecule has 0 aromatic heterocycles. The maximum absolute atomic E-state index is 11.0. The van der Waals surface area contributed by atoms with Crippen molar-refractivity contribution in [2.45, 2.75) is 19.8 Å². The molecule has 0 radical (unpaired) electrons. The highest BCUT2D eigenvalue weighted by Gasteiger charge is 2.04. The van der Waals surface area contributed by atoms with Crippen molar-refractivity contribution >= 4 is 17.5 Å². The Bertz CT molecular complexity index is 511. The molecule has 0 saturated carbocycles. The Kier molecular flexibility index (Phi) is 6.87. The summed E-state index contributed by atoms with van der Waals surface area (Å²) in [4.78, 5) is 21.7. The monoisotopic (exact) mass is 274 g/mol. The van der Waals surface area contributed by atoms with E-state index in [2.05, 4.69) is 0 Å².